The Morgan fingerprint density at radius 3 is 2.39 bits per heavy atom. The van der Waals surface area contributed by atoms with E-state index in [9.17, 15) is 4.79 Å². The summed E-state index contributed by atoms with van der Waals surface area (Å²) in [7, 11) is 0. The molecule has 5 rings (SSSR count). The highest BCUT2D eigenvalue weighted by Crippen LogP contribution is 2.37. The quantitative estimate of drug-likeness (QED) is 0.343. The topological polar surface area (TPSA) is 37.3 Å². The Labute approximate surface area is 199 Å². The maximum Gasteiger partial charge on any atom is 0.322 e. The molecule has 4 aromatic rings. The average molecular weight is 456 g/mol. The molecule has 0 bridgehead atoms. The number of para-hydroxylation sites is 1. The molecule has 5 heteroatoms. The van der Waals surface area contributed by atoms with Gasteiger partial charge in [0.25, 0.3) is 0 Å². The number of nitrogens with zero attached hydrogens (tertiary/aromatic N) is 2. The standard InChI is InChI=1S/C28H26ClN3O/c1-19(2)20-9-11-21(12-10-20)27-26-8-5-17-31(26)25-7-4-3-6-22(25)18-32(27)28(33)30-24-15-13-23(29)14-16-24/h3-17,19,27H,18H2,1-2H3,(H,30,33)/t27-/m1/s1. The van der Waals surface area contributed by atoms with E-state index in [0.717, 1.165) is 22.5 Å². The van der Waals surface area contributed by atoms with Crippen LogP contribution in [0.15, 0.2) is 91.1 Å². The van der Waals surface area contributed by atoms with Gasteiger partial charge in [-0.15, -0.1) is 0 Å². The van der Waals surface area contributed by atoms with Crippen LogP contribution in [0.1, 0.15) is 48.2 Å². The smallest absolute Gasteiger partial charge is 0.318 e. The molecule has 0 saturated carbocycles. The Morgan fingerprint density at radius 1 is 0.939 bits per heavy atom. The minimum Gasteiger partial charge on any atom is -0.318 e. The van der Waals surface area contributed by atoms with Crippen LogP contribution < -0.4 is 5.32 Å². The number of benzene rings is 3. The zero-order valence-electron chi connectivity index (χ0n) is 18.7. The maximum atomic E-state index is 13.7. The Bertz CT molecular complexity index is 1280. The van der Waals surface area contributed by atoms with Crippen molar-refractivity contribution in [3.63, 3.8) is 0 Å². The van der Waals surface area contributed by atoms with E-state index in [1.165, 1.54) is 5.56 Å². The van der Waals surface area contributed by atoms with Crippen LogP contribution in [0.3, 0.4) is 0 Å². The number of urea groups is 1. The summed E-state index contributed by atoms with van der Waals surface area (Å²) in [5.41, 5.74) is 6.34. The van der Waals surface area contributed by atoms with E-state index >= 15 is 0 Å². The second-order valence-corrected chi connectivity index (χ2v) is 9.16. The zero-order valence-corrected chi connectivity index (χ0v) is 19.5. The molecule has 1 aliphatic rings. The van der Waals surface area contributed by atoms with Gasteiger partial charge in [-0.1, -0.05) is 67.9 Å². The maximum absolute atomic E-state index is 13.7. The third-order valence-electron chi connectivity index (χ3n) is 6.24. The first-order chi connectivity index (χ1) is 16.0. The normalized spacial score (nSPS) is 15.0. The van der Waals surface area contributed by atoms with Crippen molar-refractivity contribution in [2.75, 3.05) is 5.32 Å². The lowest BCUT2D eigenvalue weighted by atomic mass is 9.97. The number of aromatic nitrogens is 1. The van der Waals surface area contributed by atoms with Crippen LogP contribution in [0, 0.1) is 0 Å². The number of halogens is 1. The van der Waals surface area contributed by atoms with Crippen LogP contribution in [-0.2, 0) is 6.54 Å². The van der Waals surface area contributed by atoms with Gasteiger partial charge >= 0.3 is 6.03 Å². The van der Waals surface area contributed by atoms with Gasteiger partial charge in [0.2, 0.25) is 0 Å². The highest BCUT2D eigenvalue weighted by atomic mass is 35.5. The molecular weight excluding hydrogens is 430 g/mol. The van der Waals surface area contributed by atoms with Gasteiger partial charge in [0.15, 0.2) is 0 Å². The van der Waals surface area contributed by atoms with Crippen molar-refractivity contribution >= 4 is 23.3 Å². The van der Waals surface area contributed by atoms with Crippen molar-refractivity contribution in [1.29, 1.82) is 0 Å². The van der Waals surface area contributed by atoms with Crippen LogP contribution >= 0.6 is 11.6 Å². The van der Waals surface area contributed by atoms with Gasteiger partial charge in [0.05, 0.1) is 18.3 Å². The van der Waals surface area contributed by atoms with Crippen LogP contribution in [0.4, 0.5) is 10.5 Å². The number of amides is 2. The number of nitrogens with one attached hydrogen (secondary N) is 1. The fourth-order valence-corrected chi connectivity index (χ4v) is 4.61. The summed E-state index contributed by atoms with van der Waals surface area (Å²) in [5, 5.41) is 3.71. The fourth-order valence-electron chi connectivity index (χ4n) is 4.48. The molecule has 1 N–H and O–H groups in total. The van der Waals surface area contributed by atoms with E-state index in [0.29, 0.717) is 23.2 Å². The first kappa shape index (κ1) is 21.4. The summed E-state index contributed by atoms with van der Waals surface area (Å²) in [6, 6.07) is 27.9. The lowest BCUT2D eigenvalue weighted by Gasteiger charge is -2.31. The predicted octanol–water partition coefficient (Wildman–Crippen LogP) is 7.39. The molecule has 3 aromatic carbocycles. The Kier molecular flexibility index (Phi) is 5.69. The summed E-state index contributed by atoms with van der Waals surface area (Å²) in [6.45, 7) is 4.87. The molecule has 0 spiro atoms. The monoisotopic (exact) mass is 455 g/mol. The Hall–Kier alpha value is -3.50. The third kappa shape index (κ3) is 4.14. The zero-order chi connectivity index (χ0) is 22.9. The van der Waals surface area contributed by atoms with Gasteiger partial charge in [0, 0.05) is 22.6 Å². The van der Waals surface area contributed by atoms with Crippen LogP contribution in [-0.4, -0.2) is 15.5 Å². The SMILES string of the molecule is CC(C)c1ccc([C@@H]2c3cccn3-c3ccccc3CN2C(=O)Nc2ccc(Cl)cc2)cc1. The van der Waals surface area contributed by atoms with E-state index in [2.05, 4.69) is 72.4 Å². The van der Waals surface area contributed by atoms with Crippen molar-refractivity contribution in [3.05, 3.63) is 119 Å². The molecule has 2 heterocycles. The molecule has 33 heavy (non-hydrogen) atoms. The van der Waals surface area contributed by atoms with E-state index in [4.69, 9.17) is 11.6 Å². The molecule has 0 saturated heterocycles. The lowest BCUT2D eigenvalue weighted by molar-refractivity contribution is 0.194. The molecule has 2 amide bonds. The molecule has 0 fully saturated rings. The van der Waals surface area contributed by atoms with Gasteiger partial charge in [0.1, 0.15) is 0 Å². The van der Waals surface area contributed by atoms with Crippen LogP contribution in [0.2, 0.25) is 5.02 Å². The van der Waals surface area contributed by atoms with Gasteiger partial charge in [-0.2, -0.15) is 0 Å². The van der Waals surface area contributed by atoms with Crippen molar-refractivity contribution in [1.82, 2.24) is 9.47 Å². The fraction of sp³-hybridized carbons (Fsp3) is 0.179. The van der Waals surface area contributed by atoms with Crippen LogP contribution in [0.25, 0.3) is 5.69 Å². The molecule has 166 valence electrons. The van der Waals surface area contributed by atoms with E-state index in [-0.39, 0.29) is 12.1 Å². The summed E-state index contributed by atoms with van der Waals surface area (Å²) < 4.78 is 2.20. The number of rotatable bonds is 3. The molecule has 4 nitrogen and oxygen atoms in total. The van der Waals surface area contributed by atoms with Crippen molar-refractivity contribution in [2.24, 2.45) is 0 Å². The lowest BCUT2D eigenvalue weighted by Crippen LogP contribution is -2.37. The highest BCUT2D eigenvalue weighted by molar-refractivity contribution is 6.30. The van der Waals surface area contributed by atoms with E-state index in [1.54, 1.807) is 12.1 Å². The molecule has 0 radical (unpaired) electrons. The molecular formula is C28H26ClN3O. The van der Waals surface area contributed by atoms with Gasteiger partial charge in [-0.05, 0) is 65.1 Å². The molecule has 0 aliphatic carbocycles. The number of anilines is 1. The minimum absolute atomic E-state index is 0.153. The highest BCUT2D eigenvalue weighted by Gasteiger charge is 2.33. The summed E-state index contributed by atoms with van der Waals surface area (Å²) >= 11 is 6.03. The van der Waals surface area contributed by atoms with Gasteiger partial charge in [-0.3, -0.25) is 0 Å². The second-order valence-electron chi connectivity index (χ2n) is 8.72. The number of carbonyl (C=O) groups excluding carboxylic acids is 1. The van der Waals surface area contributed by atoms with Gasteiger partial charge in [-0.25, -0.2) is 4.79 Å². The molecule has 1 aromatic heterocycles. The number of hydrogen-bond donors (Lipinski definition) is 1. The first-order valence-corrected chi connectivity index (χ1v) is 11.6. The first-order valence-electron chi connectivity index (χ1n) is 11.2. The summed E-state index contributed by atoms with van der Waals surface area (Å²) in [4.78, 5) is 15.6. The van der Waals surface area contributed by atoms with E-state index in [1.807, 2.05) is 35.2 Å². The average Bonchev–Trinajstić information content (AvgIpc) is 3.25. The molecule has 0 unspecified atom stereocenters. The van der Waals surface area contributed by atoms with E-state index < -0.39 is 0 Å². The van der Waals surface area contributed by atoms with Crippen molar-refractivity contribution < 1.29 is 4.79 Å². The largest absolute Gasteiger partial charge is 0.322 e. The number of carbonyl (C=O) groups is 1. The number of hydrogen-bond acceptors (Lipinski definition) is 1. The van der Waals surface area contributed by atoms with Gasteiger partial charge < -0.3 is 14.8 Å². The van der Waals surface area contributed by atoms with Crippen LogP contribution in [0.5, 0.6) is 0 Å². The summed E-state index contributed by atoms with van der Waals surface area (Å²) in [6.07, 6.45) is 2.07. The third-order valence-corrected chi connectivity index (χ3v) is 6.49. The second kappa shape index (κ2) is 8.80. The van der Waals surface area contributed by atoms with Crippen molar-refractivity contribution in [2.45, 2.75) is 32.4 Å². The Balaban J connectivity index is 1.61. The minimum atomic E-state index is -0.235. The molecule has 1 aliphatic heterocycles. The number of fused-ring (bicyclic) bond motifs is 3. The van der Waals surface area contributed by atoms with Crippen molar-refractivity contribution in [3.8, 4) is 5.69 Å². The summed E-state index contributed by atoms with van der Waals surface area (Å²) in [5.74, 6) is 0.450. The predicted molar refractivity (Wildman–Crippen MR) is 134 cm³/mol. The Morgan fingerprint density at radius 2 is 1.67 bits per heavy atom. The molecule has 1 atom stereocenters.